The Morgan fingerprint density at radius 2 is 1.33 bits per heavy atom. The van der Waals surface area contributed by atoms with Crippen LogP contribution in [0.2, 0.25) is 0 Å². The summed E-state index contributed by atoms with van der Waals surface area (Å²) < 4.78 is 5.83. The van der Waals surface area contributed by atoms with Gasteiger partial charge in [0.2, 0.25) is 5.91 Å². The van der Waals surface area contributed by atoms with Crippen LogP contribution in [0.25, 0.3) is 6.08 Å². The van der Waals surface area contributed by atoms with Crippen molar-refractivity contribution in [2.45, 2.75) is 84.0 Å². The van der Waals surface area contributed by atoms with Crippen molar-refractivity contribution in [3.63, 3.8) is 0 Å². The second-order valence-electron chi connectivity index (χ2n) is 8.68. The van der Waals surface area contributed by atoms with Crippen molar-refractivity contribution in [2.75, 3.05) is 11.9 Å². The largest absolute Gasteiger partial charge is 0.508 e. The molecule has 2 N–H and O–H groups in total. The van der Waals surface area contributed by atoms with Crippen LogP contribution in [0.4, 0.5) is 5.69 Å². The second kappa shape index (κ2) is 16.8. The molecule has 0 aliphatic carbocycles. The minimum Gasteiger partial charge on any atom is -0.508 e. The van der Waals surface area contributed by atoms with Gasteiger partial charge in [0.1, 0.15) is 11.5 Å². The van der Waals surface area contributed by atoms with Crippen molar-refractivity contribution in [3.05, 3.63) is 60.2 Å². The van der Waals surface area contributed by atoms with Crippen molar-refractivity contribution in [2.24, 2.45) is 0 Å². The van der Waals surface area contributed by atoms with Gasteiger partial charge in [0.05, 0.1) is 6.61 Å². The quantitative estimate of drug-likeness (QED) is 0.188. The van der Waals surface area contributed by atoms with Gasteiger partial charge < -0.3 is 15.2 Å². The lowest BCUT2D eigenvalue weighted by atomic mass is 10.1. The Kier molecular flexibility index (Phi) is 13.5. The molecule has 1 amide bonds. The highest BCUT2D eigenvalue weighted by Gasteiger charge is 2.00. The lowest BCUT2D eigenvalue weighted by Crippen LogP contribution is -2.07. The van der Waals surface area contributed by atoms with E-state index >= 15 is 0 Å². The van der Waals surface area contributed by atoms with Gasteiger partial charge in [-0.05, 0) is 54.5 Å². The van der Waals surface area contributed by atoms with Crippen molar-refractivity contribution in [1.29, 1.82) is 0 Å². The number of phenolic OH excluding ortho intramolecular Hbond substituents is 1. The van der Waals surface area contributed by atoms with E-state index in [4.69, 9.17) is 4.74 Å². The highest BCUT2D eigenvalue weighted by Crippen LogP contribution is 2.17. The van der Waals surface area contributed by atoms with E-state index in [9.17, 15) is 9.90 Å². The number of unbranched alkanes of at least 4 members (excludes halogenated alkanes) is 11. The third kappa shape index (κ3) is 12.8. The van der Waals surface area contributed by atoms with Gasteiger partial charge in [0.15, 0.2) is 0 Å². The van der Waals surface area contributed by atoms with E-state index in [1.807, 2.05) is 24.3 Å². The molecule has 4 nitrogen and oxygen atoms in total. The molecule has 2 rings (SSSR count). The van der Waals surface area contributed by atoms with Crippen LogP contribution in [0.1, 0.15) is 89.5 Å². The van der Waals surface area contributed by atoms with Gasteiger partial charge in [-0.2, -0.15) is 0 Å². The number of carbonyl (C=O) groups excluding carboxylic acids is 1. The maximum Gasteiger partial charge on any atom is 0.248 e. The molecule has 33 heavy (non-hydrogen) atoms. The summed E-state index contributed by atoms with van der Waals surface area (Å²) in [5.41, 5.74) is 1.58. The lowest BCUT2D eigenvalue weighted by Gasteiger charge is -2.08. The molecule has 0 saturated heterocycles. The molecule has 180 valence electrons. The molecule has 0 aliphatic heterocycles. The first-order chi connectivity index (χ1) is 16.2. The topological polar surface area (TPSA) is 58.6 Å². The summed E-state index contributed by atoms with van der Waals surface area (Å²) in [5.74, 6) is 0.835. The van der Waals surface area contributed by atoms with Gasteiger partial charge in [-0.15, -0.1) is 0 Å². The van der Waals surface area contributed by atoms with E-state index in [-0.39, 0.29) is 11.7 Å². The number of ether oxygens (including phenoxy) is 1. The fourth-order valence-corrected chi connectivity index (χ4v) is 3.71. The number of carbonyl (C=O) groups is 1. The molecule has 0 aromatic heterocycles. The van der Waals surface area contributed by atoms with Gasteiger partial charge in [0.25, 0.3) is 0 Å². The third-order valence-electron chi connectivity index (χ3n) is 5.71. The van der Waals surface area contributed by atoms with Gasteiger partial charge in [-0.3, -0.25) is 4.79 Å². The fraction of sp³-hybridized carbons (Fsp3) is 0.483. The van der Waals surface area contributed by atoms with Gasteiger partial charge in [0, 0.05) is 11.8 Å². The Hall–Kier alpha value is -2.75. The molecule has 0 bridgehead atoms. The van der Waals surface area contributed by atoms with Crippen LogP contribution in [0.15, 0.2) is 54.6 Å². The standard InChI is InChI=1S/C29H41NO3/c1-2-3-4-5-6-7-8-9-10-11-12-13-24-33-28-21-17-26(18-22-28)30-29(32)23-16-25-14-19-27(31)20-15-25/h14-23,31H,2-13,24H2,1H3,(H,30,32)/b23-16+. The van der Waals surface area contributed by atoms with Crippen LogP contribution in [0.5, 0.6) is 11.5 Å². The van der Waals surface area contributed by atoms with E-state index < -0.39 is 0 Å². The van der Waals surface area contributed by atoms with Gasteiger partial charge in [-0.25, -0.2) is 0 Å². The zero-order valence-electron chi connectivity index (χ0n) is 20.2. The average molecular weight is 452 g/mol. The number of benzene rings is 2. The summed E-state index contributed by atoms with van der Waals surface area (Å²) in [6.45, 7) is 3.00. The number of rotatable bonds is 17. The van der Waals surface area contributed by atoms with Gasteiger partial charge >= 0.3 is 0 Å². The van der Waals surface area contributed by atoms with Crippen molar-refractivity contribution < 1.29 is 14.6 Å². The predicted octanol–water partition coefficient (Wildman–Crippen LogP) is 8.12. The molecule has 4 heteroatoms. The molecule has 0 saturated carbocycles. The van der Waals surface area contributed by atoms with E-state index in [0.717, 1.165) is 30.0 Å². The number of anilines is 1. The second-order valence-corrected chi connectivity index (χ2v) is 8.68. The molecule has 0 fully saturated rings. The molecular formula is C29H41NO3. The molecule has 0 aliphatic rings. The first-order valence-corrected chi connectivity index (χ1v) is 12.7. The SMILES string of the molecule is CCCCCCCCCCCCCCOc1ccc(NC(=O)/C=C/c2ccc(O)cc2)cc1. The highest BCUT2D eigenvalue weighted by molar-refractivity contribution is 6.01. The van der Waals surface area contributed by atoms with E-state index in [1.54, 1.807) is 30.3 Å². The van der Waals surface area contributed by atoms with E-state index in [2.05, 4.69) is 12.2 Å². The molecule has 0 unspecified atom stereocenters. The minimum atomic E-state index is -0.201. The van der Waals surface area contributed by atoms with Crippen LogP contribution in [-0.4, -0.2) is 17.6 Å². The summed E-state index contributed by atoms with van der Waals surface area (Å²) in [6.07, 6.45) is 19.2. The normalized spacial score (nSPS) is 11.1. The van der Waals surface area contributed by atoms with Crippen LogP contribution >= 0.6 is 0 Å². The number of nitrogens with one attached hydrogen (secondary N) is 1. The Labute approximate surface area is 200 Å². The number of hydrogen-bond acceptors (Lipinski definition) is 3. The number of amides is 1. The van der Waals surface area contributed by atoms with Crippen molar-refractivity contribution in [3.8, 4) is 11.5 Å². The maximum absolute atomic E-state index is 12.1. The third-order valence-corrected chi connectivity index (χ3v) is 5.71. The minimum absolute atomic E-state index is 0.201. The number of aromatic hydroxyl groups is 1. The summed E-state index contributed by atoms with van der Waals surface area (Å²) in [6, 6.07) is 14.2. The number of hydrogen-bond donors (Lipinski definition) is 2. The zero-order chi connectivity index (χ0) is 23.6. The zero-order valence-corrected chi connectivity index (χ0v) is 20.2. The molecule has 0 heterocycles. The molecular weight excluding hydrogens is 410 g/mol. The maximum atomic E-state index is 12.1. The first kappa shape index (κ1) is 26.5. The van der Waals surface area contributed by atoms with Crippen LogP contribution in [0.3, 0.4) is 0 Å². The van der Waals surface area contributed by atoms with E-state index in [0.29, 0.717) is 0 Å². The Balaban J connectivity index is 1.50. The average Bonchev–Trinajstić information content (AvgIpc) is 2.83. The Bertz CT molecular complexity index is 797. The van der Waals surface area contributed by atoms with Crippen LogP contribution < -0.4 is 10.1 Å². The molecule has 0 spiro atoms. The summed E-state index contributed by atoms with van der Waals surface area (Å²) >= 11 is 0. The predicted molar refractivity (Wildman–Crippen MR) is 139 cm³/mol. The highest BCUT2D eigenvalue weighted by atomic mass is 16.5. The molecule has 2 aromatic carbocycles. The molecule has 2 aromatic rings. The summed E-state index contributed by atoms with van der Waals surface area (Å²) in [4.78, 5) is 12.1. The fourth-order valence-electron chi connectivity index (χ4n) is 3.71. The van der Waals surface area contributed by atoms with Gasteiger partial charge in [-0.1, -0.05) is 89.7 Å². The van der Waals surface area contributed by atoms with Crippen LogP contribution in [0, 0.1) is 0 Å². The monoisotopic (exact) mass is 451 g/mol. The Morgan fingerprint density at radius 3 is 1.91 bits per heavy atom. The summed E-state index contributed by atoms with van der Waals surface area (Å²) in [7, 11) is 0. The molecule has 0 atom stereocenters. The Morgan fingerprint density at radius 1 is 0.788 bits per heavy atom. The molecule has 0 radical (unpaired) electrons. The van der Waals surface area contributed by atoms with Crippen molar-refractivity contribution >= 4 is 17.7 Å². The van der Waals surface area contributed by atoms with Crippen LogP contribution in [-0.2, 0) is 4.79 Å². The first-order valence-electron chi connectivity index (χ1n) is 12.7. The lowest BCUT2D eigenvalue weighted by molar-refractivity contribution is -0.111. The smallest absolute Gasteiger partial charge is 0.248 e. The van der Waals surface area contributed by atoms with Crippen molar-refractivity contribution in [1.82, 2.24) is 0 Å². The number of phenols is 1. The van der Waals surface area contributed by atoms with E-state index in [1.165, 1.54) is 76.7 Å². The summed E-state index contributed by atoms with van der Waals surface area (Å²) in [5, 5.41) is 12.1.